The highest BCUT2D eigenvalue weighted by atomic mass is 16.5. The highest BCUT2D eigenvalue weighted by Crippen LogP contribution is 2.11. The number of unbranched alkanes of at least 4 members (excludes halogenated alkanes) is 5. The Morgan fingerprint density at radius 2 is 1.65 bits per heavy atom. The molecule has 0 spiro atoms. The first-order valence-electron chi connectivity index (χ1n) is 7.31. The van der Waals surface area contributed by atoms with Crippen molar-refractivity contribution in [1.29, 1.82) is 0 Å². The summed E-state index contributed by atoms with van der Waals surface area (Å²) in [5.74, 6) is 0.720. The van der Waals surface area contributed by atoms with Crippen LogP contribution in [0.3, 0.4) is 0 Å². The molecule has 0 aliphatic carbocycles. The monoisotopic (exact) mass is 279 g/mol. The highest BCUT2D eigenvalue weighted by Gasteiger charge is 2.04. The summed E-state index contributed by atoms with van der Waals surface area (Å²) >= 11 is 0. The topological polar surface area (TPSA) is 58.6 Å². The van der Waals surface area contributed by atoms with E-state index in [4.69, 9.17) is 9.84 Å². The van der Waals surface area contributed by atoms with Crippen LogP contribution in [-0.2, 0) is 0 Å². The van der Waals surface area contributed by atoms with Crippen molar-refractivity contribution in [2.75, 3.05) is 20.3 Å². The number of carbonyl (C=O) groups excluding carboxylic acids is 1. The van der Waals surface area contributed by atoms with Gasteiger partial charge < -0.3 is 15.2 Å². The van der Waals surface area contributed by atoms with E-state index in [-0.39, 0.29) is 12.5 Å². The summed E-state index contributed by atoms with van der Waals surface area (Å²) in [6.07, 6.45) is 6.43. The normalized spacial score (nSPS) is 10.3. The molecule has 0 aliphatic rings. The SMILES string of the molecule is COc1ccc(C(=O)NCCCCCCCCO)cc1. The van der Waals surface area contributed by atoms with Gasteiger partial charge in [-0.05, 0) is 37.1 Å². The Morgan fingerprint density at radius 3 is 2.25 bits per heavy atom. The number of rotatable bonds is 10. The summed E-state index contributed by atoms with van der Waals surface area (Å²) in [6, 6.07) is 7.11. The van der Waals surface area contributed by atoms with Crippen LogP contribution in [0.5, 0.6) is 5.75 Å². The first-order valence-corrected chi connectivity index (χ1v) is 7.31. The lowest BCUT2D eigenvalue weighted by Gasteiger charge is -2.06. The number of hydrogen-bond donors (Lipinski definition) is 2. The van der Waals surface area contributed by atoms with E-state index in [1.165, 1.54) is 6.42 Å². The Kier molecular flexibility index (Phi) is 8.47. The third-order valence-electron chi connectivity index (χ3n) is 3.22. The van der Waals surface area contributed by atoms with Gasteiger partial charge in [-0.2, -0.15) is 0 Å². The standard InChI is InChI=1S/C16H25NO3/c1-20-15-10-8-14(9-11-15)16(19)17-12-6-4-2-3-5-7-13-18/h8-11,18H,2-7,12-13H2,1H3,(H,17,19). The van der Waals surface area contributed by atoms with Crippen LogP contribution >= 0.6 is 0 Å². The van der Waals surface area contributed by atoms with Crippen LogP contribution in [0.15, 0.2) is 24.3 Å². The van der Waals surface area contributed by atoms with Gasteiger partial charge in [-0.1, -0.05) is 25.7 Å². The number of amides is 1. The summed E-state index contributed by atoms with van der Waals surface area (Å²) in [5.41, 5.74) is 0.661. The van der Waals surface area contributed by atoms with E-state index >= 15 is 0 Å². The predicted octanol–water partition coefficient (Wildman–Crippen LogP) is 2.76. The summed E-state index contributed by atoms with van der Waals surface area (Å²) in [5, 5.41) is 11.6. The molecule has 112 valence electrons. The minimum absolute atomic E-state index is 0.0343. The predicted molar refractivity (Wildman–Crippen MR) is 80.1 cm³/mol. The van der Waals surface area contributed by atoms with Gasteiger partial charge in [-0.3, -0.25) is 4.79 Å². The molecule has 0 atom stereocenters. The second kappa shape index (κ2) is 10.3. The van der Waals surface area contributed by atoms with Crippen molar-refractivity contribution in [2.45, 2.75) is 38.5 Å². The first kappa shape index (κ1) is 16.5. The maximum atomic E-state index is 11.8. The van der Waals surface area contributed by atoms with Gasteiger partial charge in [-0.25, -0.2) is 0 Å². The number of aliphatic hydroxyl groups excluding tert-OH is 1. The van der Waals surface area contributed by atoms with Crippen LogP contribution in [0, 0.1) is 0 Å². The molecule has 0 aliphatic heterocycles. The fraction of sp³-hybridized carbons (Fsp3) is 0.562. The quantitative estimate of drug-likeness (QED) is 0.647. The lowest BCUT2D eigenvalue weighted by Crippen LogP contribution is -2.24. The second-order valence-corrected chi connectivity index (χ2v) is 4.83. The molecule has 1 aromatic carbocycles. The number of aliphatic hydroxyl groups is 1. The zero-order chi connectivity index (χ0) is 14.6. The van der Waals surface area contributed by atoms with E-state index in [1.807, 2.05) is 0 Å². The number of hydrogen-bond acceptors (Lipinski definition) is 3. The van der Waals surface area contributed by atoms with E-state index < -0.39 is 0 Å². The highest BCUT2D eigenvalue weighted by molar-refractivity contribution is 5.94. The van der Waals surface area contributed by atoms with Crippen molar-refractivity contribution in [3.63, 3.8) is 0 Å². The molecule has 1 rings (SSSR count). The van der Waals surface area contributed by atoms with Crippen LogP contribution in [-0.4, -0.2) is 31.3 Å². The minimum atomic E-state index is -0.0343. The first-order chi connectivity index (χ1) is 9.77. The van der Waals surface area contributed by atoms with Gasteiger partial charge in [0.15, 0.2) is 0 Å². The van der Waals surface area contributed by atoms with Crippen molar-refractivity contribution >= 4 is 5.91 Å². The summed E-state index contributed by atoms with van der Waals surface area (Å²) in [4.78, 5) is 11.8. The smallest absolute Gasteiger partial charge is 0.251 e. The van der Waals surface area contributed by atoms with Gasteiger partial charge in [-0.15, -0.1) is 0 Å². The molecule has 0 radical (unpaired) electrons. The van der Waals surface area contributed by atoms with Crippen LogP contribution < -0.4 is 10.1 Å². The van der Waals surface area contributed by atoms with E-state index in [0.717, 1.165) is 37.9 Å². The molecule has 2 N–H and O–H groups in total. The third kappa shape index (κ3) is 6.57. The van der Waals surface area contributed by atoms with E-state index in [9.17, 15) is 4.79 Å². The number of methoxy groups -OCH3 is 1. The van der Waals surface area contributed by atoms with E-state index in [1.54, 1.807) is 31.4 Å². The molecule has 1 aromatic rings. The van der Waals surface area contributed by atoms with E-state index in [2.05, 4.69) is 5.32 Å². The van der Waals surface area contributed by atoms with Crippen molar-refractivity contribution in [1.82, 2.24) is 5.32 Å². The van der Waals surface area contributed by atoms with Crippen LogP contribution in [0.2, 0.25) is 0 Å². The summed E-state index contributed by atoms with van der Waals surface area (Å²) in [7, 11) is 1.61. The third-order valence-corrected chi connectivity index (χ3v) is 3.22. The molecule has 1 amide bonds. The van der Waals surface area contributed by atoms with Gasteiger partial charge in [0.25, 0.3) is 5.91 Å². The van der Waals surface area contributed by atoms with Gasteiger partial charge >= 0.3 is 0 Å². The maximum Gasteiger partial charge on any atom is 0.251 e. The van der Waals surface area contributed by atoms with Crippen LogP contribution in [0.1, 0.15) is 48.9 Å². The minimum Gasteiger partial charge on any atom is -0.497 e. The van der Waals surface area contributed by atoms with Crippen molar-refractivity contribution in [3.05, 3.63) is 29.8 Å². The molecule has 0 unspecified atom stereocenters. The molecule has 4 heteroatoms. The molecule has 0 fully saturated rings. The van der Waals surface area contributed by atoms with Crippen LogP contribution in [0.4, 0.5) is 0 Å². The summed E-state index contributed by atoms with van der Waals surface area (Å²) in [6.45, 7) is 1.00. The van der Waals surface area contributed by atoms with E-state index in [0.29, 0.717) is 12.1 Å². The molecule has 20 heavy (non-hydrogen) atoms. The Bertz CT molecular complexity index is 376. The number of carbonyl (C=O) groups is 1. The van der Waals surface area contributed by atoms with Gasteiger partial charge in [0, 0.05) is 18.7 Å². The van der Waals surface area contributed by atoms with Crippen LogP contribution in [0.25, 0.3) is 0 Å². The second-order valence-electron chi connectivity index (χ2n) is 4.83. The van der Waals surface area contributed by atoms with Crippen molar-refractivity contribution < 1.29 is 14.6 Å². The van der Waals surface area contributed by atoms with Gasteiger partial charge in [0.1, 0.15) is 5.75 Å². The average molecular weight is 279 g/mol. The molecule has 0 heterocycles. The molecule has 0 aromatic heterocycles. The van der Waals surface area contributed by atoms with Gasteiger partial charge in [0.05, 0.1) is 7.11 Å². The Balaban J connectivity index is 2.10. The average Bonchev–Trinajstić information content (AvgIpc) is 2.50. The summed E-state index contributed by atoms with van der Waals surface area (Å²) < 4.78 is 5.05. The number of nitrogens with one attached hydrogen (secondary N) is 1. The fourth-order valence-corrected chi connectivity index (χ4v) is 1.99. The lowest BCUT2D eigenvalue weighted by atomic mass is 10.1. The fourth-order valence-electron chi connectivity index (χ4n) is 1.99. The molecule has 0 saturated heterocycles. The molecular weight excluding hydrogens is 254 g/mol. The van der Waals surface area contributed by atoms with Crippen molar-refractivity contribution in [3.8, 4) is 5.75 Å². The Labute approximate surface area is 121 Å². The number of ether oxygens (including phenoxy) is 1. The molecule has 0 saturated carbocycles. The molecular formula is C16H25NO3. The lowest BCUT2D eigenvalue weighted by molar-refractivity contribution is 0.0953. The number of benzene rings is 1. The molecule has 4 nitrogen and oxygen atoms in total. The Morgan fingerprint density at radius 1 is 1.05 bits per heavy atom. The zero-order valence-corrected chi connectivity index (χ0v) is 12.2. The molecule has 0 bridgehead atoms. The van der Waals surface area contributed by atoms with Gasteiger partial charge in [0.2, 0.25) is 0 Å². The maximum absolute atomic E-state index is 11.8. The largest absolute Gasteiger partial charge is 0.497 e. The van der Waals surface area contributed by atoms with Crippen molar-refractivity contribution in [2.24, 2.45) is 0 Å². The Hall–Kier alpha value is -1.55. The zero-order valence-electron chi connectivity index (χ0n) is 12.2.